The third-order valence-corrected chi connectivity index (χ3v) is 4.84. The van der Waals surface area contributed by atoms with Gasteiger partial charge in [0, 0.05) is 42.8 Å². The summed E-state index contributed by atoms with van der Waals surface area (Å²) in [7, 11) is 1.92. The minimum absolute atomic E-state index is 0.0956. The Morgan fingerprint density at radius 3 is 2.96 bits per heavy atom. The fourth-order valence-corrected chi connectivity index (χ4v) is 3.31. The molecule has 1 aromatic carbocycles. The molecule has 1 aliphatic heterocycles. The zero-order valence-corrected chi connectivity index (χ0v) is 14.6. The highest BCUT2D eigenvalue weighted by molar-refractivity contribution is 5.93. The van der Waals surface area contributed by atoms with Gasteiger partial charge in [-0.05, 0) is 38.5 Å². The number of anilines is 1. The number of likely N-dealkylation sites (tertiary alicyclic amines) is 1. The SMILES string of the molecule is Cc1nc(C2CCN(C(=O)Nc3ccc4c(C)n(C)nc4c3)C2)n[nH]1. The lowest BCUT2D eigenvalue weighted by Gasteiger charge is -2.17. The normalized spacial score (nSPS) is 17.4. The van der Waals surface area contributed by atoms with Crippen molar-refractivity contribution in [3.8, 4) is 0 Å². The summed E-state index contributed by atoms with van der Waals surface area (Å²) in [4.78, 5) is 18.7. The first-order valence-electron chi connectivity index (χ1n) is 8.39. The molecule has 1 atom stereocenters. The van der Waals surface area contributed by atoms with Crippen LogP contribution >= 0.6 is 0 Å². The molecule has 0 radical (unpaired) electrons. The van der Waals surface area contributed by atoms with E-state index in [4.69, 9.17) is 0 Å². The first-order valence-corrected chi connectivity index (χ1v) is 8.39. The third kappa shape index (κ3) is 2.84. The van der Waals surface area contributed by atoms with E-state index < -0.39 is 0 Å². The van der Waals surface area contributed by atoms with Gasteiger partial charge in [0.25, 0.3) is 0 Å². The lowest BCUT2D eigenvalue weighted by atomic mass is 10.1. The Kier molecular flexibility index (Phi) is 3.67. The second-order valence-corrected chi connectivity index (χ2v) is 6.58. The van der Waals surface area contributed by atoms with E-state index in [1.54, 1.807) is 0 Å². The molecule has 130 valence electrons. The number of benzene rings is 1. The highest BCUT2D eigenvalue weighted by atomic mass is 16.2. The van der Waals surface area contributed by atoms with Crippen molar-refractivity contribution in [2.24, 2.45) is 7.05 Å². The molecule has 3 aromatic rings. The molecule has 2 N–H and O–H groups in total. The fraction of sp³-hybridized carbons (Fsp3) is 0.412. The van der Waals surface area contributed by atoms with Crippen LogP contribution in [0.3, 0.4) is 0 Å². The van der Waals surface area contributed by atoms with Gasteiger partial charge in [-0.2, -0.15) is 10.2 Å². The maximum Gasteiger partial charge on any atom is 0.321 e. The van der Waals surface area contributed by atoms with Crippen LogP contribution in [0.15, 0.2) is 18.2 Å². The molecule has 1 saturated heterocycles. The number of carbonyl (C=O) groups is 1. The van der Waals surface area contributed by atoms with Crippen molar-refractivity contribution < 1.29 is 4.79 Å². The van der Waals surface area contributed by atoms with Crippen LogP contribution in [0.2, 0.25) is 0 Å². The maximum atomic E-state index is 12.5. The van der Waals surface area contributed by atoms with Gasteiger partial charge in [0.1, 0.15) is 5.82 Å². The molecule has 0 spiro atoms. The predicted octanol–water partition coefficient (Wildman–Crippen LogP) is 2.33. The molecule has 1 fully saturated rings. The van der Waals surface area contributed by atoms with E-state index >= 15 is 0 Å². The van der Waals surface area contributed by atoms with Gasteiger partial charge in [-0.25, -0.2) is 9.78 Å². The molecule has 0 bridgehead atoms. The van der Waals surface area contributed by atoms with Crippen molar-refractivity contribution in [3.05, 3.63) is 35.5 Å². The van der Waals surface area contributed by atoms with Crippen LogP contribution in [-0.4, -0.2) is 49.0 Å². The smallest absolute Gasteiger partial charge is 0.321 e. The number of hydrogen-bond donors (Lipinski definition) is 2. The molecule has 0 aliphatic carbocycles. The average molecular weight is 339 g/mol. The summed E-state index contributed by atoms with van der Waals surface area (Å²) in [6.45, 7) is 5.25. The largest absolute Gasteiger partial charge is 0.324 e. The Bertz CT molecular complexity index is 942. The molecule has 8 nitrogen and oxygen atoms in total. The number of aryl methyl sites for hydroxylation is 3. The Balaban J connectivity index is 1.45. The van der Waals surface area contributed by atoms with Crippen molar-refractivity contribution >= 4 is 22.6 Å². The van der Waals surface area contributed by atoms with E-state index in [1.807, 2.05) is 48.7 Å². The van der Waals surface area contributed by atoms with Crippen molar-refractivity contribution in [2.75, 3.05) is 18.4 Å². The number of fused-ring (bicyclic) bond motifs is 1. The van der Waals surface area contributed by atoms with Crippen LogP contribution in [-0.2, 0) is 7.05 Å². The molecule has 8 heteroatoms. The Morgan fingerprint density at radius 1 is 1.36 bits per heavy atom. The van der Waals surface area contributed by atoms with E-state index in [-0.39, 0.29) is 11.9 Å². The third-order valence-electron chi connectivity index (χ3n) is 4.84. The number of rotatable bonds is 2. The molecule has 1 aliphatic rings. The van der Waals surface area contributed by atoms with E-state index in [0.717, 1.165) is 40.4 Å². The molecule has 1 unspecified atom stereocenters. The molecule has 3 heterocycles. The Hall–Kier alpha value is -2.90. The monoisotopic (exact) mass is 339 g/mol. The molecule has 4 rings (SSSR count). The summed E-state index contributed by atoms with van der Waals surface area (Å²) >= 11 is 0. The van der Waals surface area contributed by atoms with Crippen molar-refractivity contribution in [1.29, 1.82) is 0 Å². The number of aromatic nitrogens is 5. The Morgan fingerprint density at radius 2 is 2.20 bits per heavy atom. The molecule has 2 aromatic heterocycles. The van der Waals surface area contributed by atoms with Crippen LogP contribution in [0.1, 0.15) is 29.7 Å². The van der Waals surface area contributed by atoms with Gasteiger partial charge in [0.15, 0.2) is 5.82 Å². The summed E-state index contributed by atoms with van der Waals surface area (Å²) in [5.41, 5.74) is 2.75. The molecule has 2 amide bonds. The van der Waals surface area contributed by atoms with Crippen LogP contribution in [0.5, 0.6) is 0 Å². The summed E-state index contributed by atoms with van der Waals surface area (Å²) in [6.07, 6.45) is 0.878. The predicted molar refractivity (Wildman–Crippen MR) is 94.5 cm³/mol. The van der Waals surface area contributed by atoms with Crippen molar-refractivity contribution in [1.82, 2.24) is 29.9 Å². The zero-order chi connectivity index (χ0) is 17.6. The number of carbonyl (C=O) groups excluding carboxylic acids is 1. The van der Waals surface area contributed by atoms with E-state index in [1.165, 1.54) is 0 Å². The number of hydrogen-bond acceptors (Lipinski definition) is 4. The fourth-order valence-electron chi connectivity index (χ4n) is 3.31. The van der Waals surface area contributed by atoms with E-state index in [9.17, 15) is 4.79 Å². The summed E-state index contributed by atoms with van der Waals surface area (Å²) in [6, 6.07) is 5.73. The summed E-state index contributed by atoms with van der Waals surface area (Å²) < 4.78 is 1.85. The zero-order valence-electron chi connectivity index (χ0n) is 14.6. The molecular weight excluding hydrogens is 318 g/mol. The van der Waals surface area contributed by atoms with Gasteiger partial charge >= 0.3 is 6.03 Å². The lowest BCUT2D eigenvalue weighted by Crippen LogP contribution is -2.32. The quantitative estimate of drug-likeness (QED) is 0.749. The van der Waals surface area contributed by atoms with Crippen molar-refractivity contribution in [3.63, 3.8) is 0 Å². The Labute approximate surface area is 145 Å². The van der Waals surface area contributed by atoms with Gasteiger partial charge in [-0.3, -0.25) is 9.78 Å². The van der Waals surface area contributed by atoms with E-state index in [0.29, 0.717) is 13.1 Å². The maximum absolute atomic E-state index is 12.5. The number of aromatic amines is 1. The van der Waals surface area contributed by atoms with Gasteiger partial charge in [0.05, 0.1) is 5.52 Å². The van der Waals surface area contributed by atoms with Crippen LogP contribution < -0.4 is 5.32 Å². The average Bonchev–Trinajstić information content (AvgIpc) is 3.28. The minimum atomic E-state index is -0.0956. The van der Waals surface area contributed by atoms with E-state index in [2.05, 4.69) is 25.6 Å². The number of urea groups is 1. The molecule has 0 saturated carbocycles. The summed E-state index contributed by atoms with van der Waals surface area (Å²) in [5.74, 6) is 1.78. The standard InChI is InChI=1S/C17H21N7O/c1-10-14-5-4-13(8-15(14)22-23(10)3)19-17(25)24-7-6-12(9-24)16-18-11(2)20-21-16/h4-5,8,12H,6-7,9H2,1-3H3,(H,19,25)(H,18,20,21). The van der Waals surface area contributed by atoms with Gasteiger partial charge in [0.2, 0.25) is 0 Å². The van der Waals surface area contributed by atoms with Gasteiger partial charge < -0.3 is 10.2 Å². The molecule has 25 heavy (non-hydrogen) atoms. The summed E-state index contributed by atoms with van der Waals surface area (Å²) in [5, 5.41) is 15.6. The van der Waals surface area contributed by atoms with Crippen LogP contribution in [0.25, 0.3) is 10.9 Å². The number of H-pyrrole nitrogens is 1. The minimum Gasteiger partial charge on any atom is -0.324 e. The van der Waals surface area contributed by atoms with Gasteiger partial charge in [-0.1, -0.05) is 0 Å². The first kappa shape index (κ1) is 15.6. The number of nitrogens with one attached hydrogen (secondary N) is 2. The van der Waals surface area contributed by atoms with Crippen molar-refractivity contribution in [2.45, 2.75) is 26.2 Å². The number of amides is 2. The topological polar surface area (TPSA) is 91.7 Å². The van der Waals surface area contributed by atoms with Crippen LogP contribution in [0.4, 0.5) is 10.5 Å². The first-order chi connectivity index (χ1) is 12.0. The van der Waals surface area contributed by atoms with Crippen LogP contribution in [0, 0.1) is 13.8 Å². The second-order valence-electron chi connectivity index (χ2n) is 6.58. The highest BCUT2D eigenvalue weighted by Gasteiger charge is 2.29. The van der Waals surface area contributed by atoms with Gasteiger partial charge in [-0.15, -0.1) is 0 Å². The lowest BCUT2D eigenvalue weighted by molar-refractivity contribution is 0.222. The highest BCUT2D eigenvalue weighted by Crippen LogP contribution is 2.26. The second kappa shape index (κ2) is 5.87. The number of nitrogens with zero attached hydrogens (tertiary/aromatic N) is 5. The molecular formula is C17H21N7O.